The zero-order valence-corrected chi connectivity index (χ0v) is 9.98. The lowest BCUT2D eigenvalue weighted by Gasteiger charge is -2.26. The molecule has 5 nitrogen and oxygen atoms in total. The molecule has 0 amide bonds. The molecule has 5 heteroatoms. The summed E-state index contributed by atoms with van der Waals surface area (Å²) in [6.45, 7) is 7.95. The van der Waals surface area contributed by atoms with Crippen molar-refractivity contribution in [1.82, 2.24) is 0 Å². The van der Waals surface area contributed by atoms with Crippen molar-refractivity contribution in [2.24, 2.45) is 0 Å². The summed E-state index contributed by atoms with van der Waals surface area (Å²) < 4.78 is 9.45. The molecule has 0 aliphatic rings. The van der Waals surface area contributed by atoms with E-state index in [1.54, 1.807) is 0 Å². The minimum Gasteiger partial charge on any atom is -0.456 e. The van der Waals surface area contributed by atoms with E-state index in [9.17, 15) is 14.7 Å². The molecule has 0 heterocycles. The molecule has 0 aliphatic heterocycles. The number of rotatable bonds is 8. The van der Waals surface area contributed by atoms with Crippen LogP contribution in [0.15, 0.2) is 25.3 Å². The molecule has 0 radical (unpaired) electrons. The normalized spacial score (nSPS) is 13.3. The fraction of sp³-hybridized carbons (Fsp3) is 0.500. The first-order valence-electron chi connectivity index (χ1n) is 5.34. The highest BCUT2D eigenvalue weighted by atomic mass is 16.7. The van der Waals surface area contributed by atoms with Crippen LogP contribution in [-0.4, -0.2) is 29.4 Å². The van der Waals surface area contributed by atoms with Gasteiger partial charge in [-0.25, -0.2) is 9.59 Å². The van der Waals surface area contributed by atoms with E-state index in [2.05, 4.69) is 17.9 Å². The van der Waals surface area contributed by atoms with Crippen molar-refractivity contribution >= 4 is 11.9 Å². The molecule has 0 bridgehead atoms. The summed E-state index contributed by atoms with van der Waals surface area (Å²) in [5, 5.41) is 9.99. The highest BCUT2D eigenvalue weighted by Gasteiger charge is 2.31. The van der Waals surface area contributed by atoms with Crippen LogP contribution >= 0.6 is 0 Å². The van der Waals surface area contributed by atoms with E-state index in [-0.39, 0.29) is 6.42 Å². The first kappa shape index (κ1) is 15.4. The number of carbonyl (C=O) groups is 2. The van der Waals surface area contributed by atoms with Gasteiger partial charge in [-0.3, -0.25) is 0 Å². The van der Waals surface area contributed by atoms with Crippen LogP contribution in [0.2, 0.25) is 0 Å². The zero-order chi connectivity index (χ0) is 13.3. The van der Waals surface area contributed by atoms with Gasteiger partial charge < -0.3 is 14.6 Å². The summed E-state index contributed by atoms with van der Waals surface area (Å²) in [4.78, 5) is 21.9. The van der Waals surface area contributed by atoms with Crippen molar-refractivity contribution in [1.29, 1.82) is 0 Å². The molecule has 0 aromatic rings. The van der Waals surface area contributed by atoms with Crippen LogP contribution in [0.5, 0.6) is 0 Å². The molecule has 96 valence electrons. The first-order chi connectivity index (χ1) is 7.97. The fourth-order valence-electron chi connectivity index (χ4n) is 1.08. The maximum Gasteiger partial charge on any atom is 0.332 e. The third kappa shape index (κ3) is 6.52. The highest BCUT2D eigenvalue weighted by Crippen LogP contribution is 2.17. The van der Waals surface area contributed by atoms with Crippen molar-refractivity contribution in [3.63, 3.8) is 0 Å². The maximum atomic E-state index is 11.0. The lowest BCUT2D eigenvalue weighted by atomic mass is 10.1. The molecule has 17 heavy (non-hydrogen) atoms. The van der Waals surface area contributed by atoms with Crippen molar-refractivity contribution in [3.8, 4) is 0 Å². The Morgan fingerprint density at radius 2 is 1.88 bits per heavy atom. The predicted octanol–water partition coefficient (Wildman–Crippen LogP) is 1.32. The first-order valence-corrected chi connectivity index (χ1v) is 5.34. The Balaban J connectivity index is 4.47. The van der Waals surface area contributed by atoms with Gasteiger partial charge in [-0.05, 0) is 6.42 Å². The van der Waals surface area contributed by atoms with Crippen LogP contribution in [0.3, 0.4) is 0 Å². The van der Waals surface area contributed by atoms with Crippen LogP contribution in [-0.2, 0) is 19.1 Å². The Morgan fingerprint density at radius 3 is 2.35 bits per heavy atom. The Kier molecular flexibility index (Phi) is 6.89. The Labute approximate surface area is 101 Å². The molecule has 0 rings (SSSR count). The third-order valence-corrected chi connectivity index (χ3v) is 1.98. The number of esters is 2. The molecular formula is C12H18O5. The quantitative estimate of drug-likeness (QED) is 0.395. The lowest BCUT2D eigenvalue weighted by Crippen LogP contribution is -2.40. The van der Waals surface area contributed by atoms with Gasteiger partial charge in [0.05, 0.1) is 0 Å². The van der Waals surface area contributed by atoms with Gasteiger partial charge in [0, 0.05) is 18.6 Å². The van der Waals surface area contributed by atoms with Gasteiger partial charge in [0.25, 0.3) is 0 Å². The Morgan fingerprint density at radius 1 is 1.29 bits per heavy atom. The molecule has 0 saturated carbocycles. The van der Waals surface area contributed by atoms with Crippen LogP contribution in [0.4, 0.5) is 0 Å². The van der Waals surface area contributed by atoms with Crippen LogP contribution in [0.25, 0.3) is 0 Å². The highest BCUT2D eigenvalue weighted by molar-refractivity contribution is 5.82. The van der Waals surface area contributed by atoms with Crippen molar-refractivity contribution in [3.05, 3.63) is 25.3 Å². The Hall–Kier alpha value is -1.62. The Bertz CT molecular complexity index is 297. The van der Waals surface area contributed by atoms with E-state index >= 15 is 0 Å². The van der Waals surface area contributed by atoms with E-state index in [1.165, 1.54) is 0 Å². The number of ether oxygens (including phenoxy) is 2. The summed E-state index contributed by atoms with van der Waals surface area (Å²) in [6.07, 6.45) is 3.53. The van der Waals surface area contributed by atoms with E-state index in [4.69, 9.17) is 4.74 Å². The van der Waals surface area contributed by atoms with Crippen molar-refractivity contribution in [2.75, 3.05) is 6.61 Å². The SMILES string of the molecule is C=CC(=O)OCC(O)(CCCC)OC(=O)C=C. The molecule has 0 spiro atoms. The summed E-state index contributed by atoms with van der Waals surface area (Å²) in [7, 11) is 0. The second kappa shape index (κ2) is 7.62. The van der Waals surface area contributed by atoms with Crippen molar-refractivity contribution < 1.29 is 24.2 Å². The molecule has 0 aromatic heterocycles. The summed E-state index contributed by atoms with van der Waals surface area (Å²) in [5.41, 5.74) is 0. The monoisotopic (exact) mass is 242 g/mol. The number of unbranched alkanes of at least 4 members (excludes halogenated alkanes) is 1. The smallest absolute Gasteiger partial charge is 0.332 e. The number of aliphatic hydroxyl groups is 1. The lowest BCUT2D eigenvalue weighted by molar-refractivity contribution is -0.226. The average Bonchev–Trinajstić information content (AvgIpc) is 2.33. The second-order valence-corrected chi connectivity index (χ2v) is 3.49. The number of hydrogen-bond donors (Lipinski definition) is 1. The van der Waals surface area contributed by atoms with E-state index < -0.39 is 24.3 Å². The van der Waals surface area contributed by atoms with E-state index in [1.807, 2.05) is 6.92 Å². The topological polar surface area (TPSA) is 72.8 Å². The fourth-order valence-corrected chi connectivity index (χ4v) is 1.08. The molecular weight excluding hydrogens is 224 g/mol. The third-order valence-electron chi connectivity index (χ3n) is 1.98. The number of carbonyl (C=O) groups excluding carboxylic acids is 2. The maximum absolute atomic E-state index is 11.0. The van der Waals surface area contributed by atoms with Crippen molar-refractivity contribution in [2.45, 2.75) is 32.0 Å². The van der Waals surface area contributed by atoms with Gasteiger partial charge in [0.15, 0.2) is 6.61 Å². The van der Waals surface area contributed by atoms with Gasteiger partial charge in [0.1, 0.15) is 0 Å². The molecule has 0 fully saturated rings. The van der Waals surface area contributed by atoms with Gasteiger partial charge in [-0.1, -0.05) is 26.5 Å². The molecule has 1 atom stereocenters. The number of hydrogen-bond acceptors (Lipinski definition) is 5. The van der Waals surface area contributed by atoms with Gasteiger partial charge in [0.2, 0.25) is 5.79 Å². The van der Waals surface area contributed by atoms with E-state index in [0.717, 1.165) is 18.6 Å². The van der Waals surface area contributed by atoms with Crippen LogP contribution in [0.1, 0.15) is 26.2 Å². The molecule has 0 aliphatic carbocycles. The summed E-state index contributed by atoms with van der Waals surface area (Å²) >= 11 is 0. The van der Waals surface area contributed by atoms with E-state index in [0.29, 0.717) is 6.42 Å². The minimum atomic E-state index is -1.81. The van der Waals surface area contributed by atoms with Gasteiger partial charge >= 0.3 is 11.9 Å². The summed E-state index contributed by atoms with van der Waals surface area (Å²) in [5.74, 6) is -3.26. The molecule has 1 unspecified atom stereocenters. The molecule has 1 N–H and O–H groups in total. The standard InChI is InChI=1S/C12H18O5/c1-4-7-8-12(15,17-11(14)6-3)9-16-10(13)5-2/h5-6,15H,2-4,7-9H2,1H3. The second-order valence-electron chi connectivity index (χ2n) is 3.49. The minimum absolute atomic E-state index is 0.188. The van der Waals surface area contributed by atoms with Gasteiger partial charge in [-0.15, -0.1) is 0 Å². The molecule has 0 saturated heterocycles. The summed E-state index contributed by atoms with van der Waals surface area (Å²) in [6, 6.07) is 0. The van der Waals surface area contributed by atoms with Crippen LogP contribution < -0.4 is 0 Å². The zero-order valence-electron chi connectivity index (χ0n) is 9.98. The largest absolute Gasteiger partial charge is 0.456 e. The predicted molar refractivity (Wildman–Crippen MR) is 61.9 cm³/mol. The molecule has 0 aromatic carbocycles. The van der Waals surface area contributed by atoms with Crippen LogP contribution in [0, 0.1) is 0 Å². The average molecular weight is 242 g/mol. The van der Waals surface area contributed by atoms with Gasteiger partial charge in [-0.2, -0.15) is 0 Å².